The van der Waals surface area contributed by atoms with Gasteiger partial charge in [-0.1, -0.05) is 0 Å². The third-order valence-electron chi connectivity index (χ3n) is 5.76. The molecule has 6 heteroatoms. The summed E-state index contributed by atoms with van der Waals surface area (Å²) in [5.74, 6) is 0.216. The van der Waals surface area contributed by atoms with E-state index in [2.05, 4.69) is 43.9 Å². The van der Waals surface area contributed by atoms with Crippen LogP contribution in [0.5, 0.6) is 0 Å². The van der Waals surface area contributed by atoms with Crippen molar-refractivity contribution in [1.82, 2.24) is 14.8 Å². The van der Waals surface area contributed by atoms with Gasteiger partial charge in [0.2, 0.25) is 5.91 Å². The molecule has 0 aromatic carbocycles. The van der Waals surface area contributed by atoms with Gasteiger partial charge in [0, 0.05) is 31.4 Å². The fraction of sp³-hybridized carbons (Fsp3) is 0.579. The summed E-state index contributed by atoms with van der Waals surface area (Å²) < 4.78 is 0. The van der Waals surface area contributed by atoms with Crippen LogP contribution in [-0.2, 0) is 17.9 Å². The van der Waals surface area contributed by atoms with E-state index in [-0.39, 0.29) is 5.91 Å². The van der Waals surface area contributed by atoms with Gasteiger partial charge in [-0.3, -0.25) is 9.69 Å². The highest BCUT2D eigenvalue weighted by Crippen LogP contribution is 2.57. The molecule has 1 amide bonds. The van der Waals surface area contributed by atoms with Crippen LogP contribution >= 0.6 is 22.7 Å². The van der Waals surface area contributed by atoms with E-state index >= 15 is 0 Å². The first-order valence-corrected chi connectivity index (χ1v) is 10.8. The van der Waals surface area contributed by atoms with Gasteiger partial charge in [0.05, 0.1) is 10.7 Å². The molecule has 0 bridgehead atoms. The summed E-state index contributed by atoms with van der Waals surface area (Å²) >= 11 is 3.44. The van der Waals surface area contributed by atoms with Crippen molar-refractivity contribution in [2.45, 2.75) is 52.2 Å². The highest BCUT2D eigenvalue weighted by Gasteiger charge is 2.58. The lowest BCUT2D eigenvalue weighted by Gasteiger charge is -2.34. The lowest BCUT2D eigenvalue weighted by atomic mass is 9.92. The highest BCUT2D eigenvalue weighted by molar-refractivity contribution is 7.09. The molecule has 2 aromatic rings. The Balaban J connectivity index is 1.34. The number of thiophene rings is 1. The van der Waals surface area contributed by atoms with Crippen LogP contribution in [0.3, 0.4) is 0 Å². The molecule has 1 spiro atoms. The Morgan fingerprint density at radius 2 is 2.20 bits per heavy atom. The van der Waals surface area contributed by atoms with Crippen molar-refractivity contribution in [1.29, 1.82) is 0 Å². The number of likely N-dealkylation sites (tertiary alicyclic amines) is 1. The normalized spacial score (nSPS) is 22.2. The maximum Gasteiger partial charge on any atom is 0.220 e. The van der Waals surface area contributed by atoms with E-state index in [1.807, 2.05) is 0 Å². The van der Waals surface area contributed by atoms with Crippen molar-refractivity contribution in [3.05, 3.63) is 38.5 Å². The number of aryl methyl sites for hydroxylation is 1. The molecule has 4 nitrogen and oxygen atoms in total. The minimum atomic E-state index is 0.216. The minimum absolute atomic E-state index is 0.216. The Kier molecular flexibility index (Phi) is 4.69. The van der Waals surface area contributed by atoms with Gasteiger partial charge < -0.3 is 4.90 Å². The first-order chi connectivity index (χ1) is 12.1. The minimum Gasteiger partial charge on any atom is -0.335 e. The second kappa shape index (κ2) is 6.82. The lowest BCUT2D eigenvalue weighted by Crippen LogP contribution is -2.39. The average molecular weight is 376 g/mol. The van der Waals surface area contributed by atoms with Crippen LogP contribution in [0.2, 0.25) is 0 Å². The molecule has 134 valence electrons. The SMILES string of the molecule is CC(=O)N(Cc1ccsc1)C1CC12CCN(Cc1csc(C)n1)CC2. The van der Waals surface area contributed by atoms with E-state index < -0.39 is 0 Å². The lowest BCUT2D eigenvalue weighted by molar-refractivity contribution is -0.130. The van der Waals surface area contributed by atoms with Crippen molar-refractivity contribution in [2.24, 2.45) is 5.41 Å². The van der Waals surface area contributed by atoms with Crippen molar-refractivity contribution >= 4 is 28.6 Å². The van der Waals surface area contributed by atoms with Crippen molar-refractivity contribution < 1.29 is 4.79 Å². The van der Waals surface area contributed by atoms with Gasteiger partial charge >= 0.3 is 0 Å². The van der Waals surface area contributed by atoms with Gasteiger partial charge in [-0.2, -0.15) is 11.3 Å². The number of rotatable bonds is 5. The van der Waals surface area contributed by atoms with Gasteiger partial charge in [-0.25, -0.2) is 4.98 Å². The number of thiazole rings is 1. The Morgan fingerprint density at radius 1 is 1.40 bits per heavy atom. The third-order valence-corrected chi connectivity index (χ3v) is 7.32. The van der Waals surface area contributed by atoms with E-state index in [1.54, 1.807) is 29.6 Å². The Labute approximate surface area is 157 Å². The van der Waals surface area contributed by atoms with E-state index in [0.717, 1.165) is 31.2 Å². The summed E-state index contributed by atoms with van der Waals surface area (Å²) in [6.45, 7) is 7.77. The monoisotopic (exact) mass is 375 g/mol. The van der Waals surface area contributed by atoms with Crippen LogP contribution in [0.4, 0.5) is 0 Å². The zero-order valence-electron chi connectivity index (χ0n) is 14.9. The molecule has 1 atom stereocenters. The van der Waals surface area contributed by atoms with Gasteiger partial charge in [0.1, 0.15) is 0 Å². The molecule has 25 heavy (non-hydrogen) atoms. The van der Waals surface area contributed by atoms with Crippen LogP contribution in [0.15, 0.2) is 22.2 Å². The molecule has 1 aliphatic carbocycles. The van der Waals surface area contributed by atoms with Crippen LogP contribution < -0.4 is 0 Å². The standard InChI is InChI=1S/C19H25N3OS2/c1-14-20-17(13-25-14)11-21-6-4-19(5-7-21)9-18(19)22(15(2)23)10-16-3-8-24-12-16/h3,8,12-13,18H,4-7,9-11H2,1-2H3. The van der Waals surface area contributed by atoms with Gasteiger partial charge in [0.15, 0.2) is 0 Å². The van der Waals surface area contributed by atoms with Gasteiger partial charge in [-0.05, 0) is 67.1 Å². The molecule has 4 rings (SSSR count). The Morgan fingerprint density at radius 3 is 2.80 bits per heavy atom. The number of nitrogens with zero attached hydrogens (tertiary/aromatic N) is 3. The van der Waals surface area contributed by atoms with Gasteiger partial charge in [-0.15, -0.1) is 11.3 Å². The fourth-order valence-corrected chi connectivity index (χ4v) is 5.45. The average Bonchev–Trinajstić information content (AvgIpc) is 2.94. The summed E-state index contributed by atoms with van der Waals surface area (Å²) in [4.78, 5) is 21.4. The van der Waals surface area contributed by atoms with E-state index in [0.29, 0.717) is 11.5 Å². The molecule has 2 aliphatic rings. The first-order valence-electron chi connectivity index (χ1n) is 8.97. The second-order valence-electron chi connectivity index (χ2n) is 7.49. The number of piperidine rings is 1. The van der Waals surface area contributed by atoms with E-state index in [4.69, 9.17) is 0 Å². The number of hydrogen-bond donors (Lipinski definition) is 0. The largest absolute Gasteiger partial charge is 0.335 e. The second-order valence-corrected chi connectivity index (χ2v) is 9.34. The summed E-state index contributed by atoms with van der Waals surface area (Å²) in [7, 11) is 0. The molecule has 1 unspecified atom stereocenters. The Hall–Kier alpha value is -1.24. The fourth-order valence-electron chi connectivity index (χ4n) is 4.19. The van der Waals surface area contributed by atoms with Crippen molar-refractivity contribution in [3.63, 3.8) is 0 Å². The van der Waals surface area contributed by atoms with Crippen molar-refractivity contribution in [2.75, 3.05) is 13.1 Å². The van der Waals surface area contributed by atoms with E-state index in [1.165, 1.54) is 30.5 Å². The zero-order valence-corrected chi connectivity index (χ0v) is 16.5. The summed E-state index contributed by atoms with van der Waals surface area (Å²) in [5.41, 5.74) is 2.84. The maximum absolute atomic E-state index is 12.2. The molecule has 0 radical (unpaired) electrons. The first kappa shape index (κ1) is 17.2. The smallest absolute Gasteiger partial charge is 0.220 e. The number of amides is 1. The molecule has 3 heterocycles. The number of aromatic nitrogens is 1. The highest BCUT2D eigenvalue weighted by atomic mass is 32.1. The number of hydrogen-bond acceptors (Lipinski definition) is 5. The van der Waals surface area contributed by atoms with Crippen molar-refractivity contribution in [3.8, 4) is 0 Å². The summed E-state index contributed by atoms with van der Waals surface area (Å²) in [6, 6.07) is 2.57. The zero-order chi connectivity index (χ0) is 17.4. The van der Waals surface area contributed by atoms with E-state index in [9.17, 15) is 4.79 Å². The van der Waals surface area contributed by atoms with Crippen LogP contribution in [-0.4, -0.2) is 39.8 Å². The summed E-state index contributed by atoms with van der Waals surface area (Å²) in [6.07, 6.45) is 3.59. The molecule has 1 saturated carbocycles. The predicted octanol–water partition coefficient (Wildman–Crippen LogP) is 3.92. The van der Waals surface area contributed by atoms with Crippen LogP contribution in [0.1, 0.15) is 42.5 Å². The predicted molar refractivity (Wildman–Crippen MR) is 103 cm³/mol. The third kappa shape index (κ3) is 3.66. The molecular formula is C19H25N3OS2. The van der Waals surface area contributed by atoms with Gasteiger partial charge in [0.25, 0.3) is 0 Å². The molecular weight excluding hydrogens is 350 g/mol. The topological polar surface area (TPSA) is 36.4 Å². The Bertz CT molecular complexity index is 732. The number of carbonyl (C=O) groups excluding carboxylic acids is 1. The maximum atomic E-state index is 12.2. The molecule has 1 saturated heterocycles. The molecule has 2 aromatic heterocycles. The number of carbonyl (C=O) groups is 1. The molecule has 0 N–H and O–H groups in total. The molecule has 1 aliphatic heterocycles. The summed E-state index contributed by atoms with van der Waals surface area (Å²) in [5, 5.41) is 7.58. The van der Waals surface area contributed by atoms with Crippen LogP contribution in [0, 0.1) is 12.3 Å². The molecule has 2 fully saturated rings. The van der Waals surface area contributed by atoms with Crippen LogP contribution in [0.25, 0.3) is 0 Å². The quantitative estimate of drug-likeness (QED) is 0.795.